The summed E-state index contributed by atoms with van der Waals surface area (Å²) in [6.45, 7) is 2.01. The van der Waals surface area contributed by atoms with Crippen molar-refractivity contribution < 1.29 is 9.53 Å². The van der Waals surface area contributed by atoms with Gasteiger partial charge in [-0.25, -0.2) is 4.98 Å². The Bertz CT molecular complexity index is 814. The molecule has 2 aromatic carbocycles. The predicted octanol–water partition coefficient (Wildman–Crippen LogP) is 4.44. The molecule has 0 radical (unpaired) electrons. The van der Waals surface area contributed by atoms with Crippen molar-refractivity contribution in [3.05, 3.63) is 54.1 Å². The first-order chi connectivity index (χ1) is 11.2. The van der Waals surface area contributed by atoms with Gasteiger partial charge in [0.2, 0.25) is 5.91 Å². The summed E-state index contributed by atoms with van der Waals surface area (Å²) in [7, 11) is 1.64. The monoisotopic (exact) mass is 326 g/mol. The highest BCUT2D eigenvalue weighted by Crippen LogP contribution is 2.30. The Morgan fingerprint density at radius 3 is 2.74 bits per heavy atom. The van der Waals surface area contributed by atoms with Gasteiger partial charge < -0.3 is 10.1 Å². The molecule has 1 N–H and O–H groups in total. The van der Waals surface area contributed by atoms with E-state index in [4.69, 9.17) is 4.74 Å². The van der Waals surface area contributed by atoms with E-state index in [1.54, 1.807) is 7.11 Å². The number of carbonyl (C=O) groups excluding carboxylic acids is 1. The number of ether oxygens (including phenoxy) is 1. The van der Waals surface area contributed by atoms with Crippen molar-refractivity contribution in [2.45, 2.75) is 19.3 Å². The number of nitrogens with zero attached hydrogens (tertiary/aromatic N) is 1. The van der Waals surface area contributed by atoms with Crippen LogP contribution in [0, 0.1) is 0 Å². The Morgan fingerprint density at radius 2 is 2.04 bits per heavy atom. The molecule has 0 aliphatic heterocycles. The Labute approximate surface area is 139 Å². The zero-order valence-corrected chi connectivity index (χ0v) is 13.9. The van der Waals surface area contributed by atoms with E-state index in [9.17, 15) is 4.79 Å². The minimum atomic E-state index is -0.169. The largest absolute Gasteiger partial charge is 0.497 e. The first-order valence-electron chi connectivity index (χ1n) is 7.51. The first-order valence-corrected chi connectivity index (χ1v) is 8.33. The van der Waals surface area contributed by atoms with Crippen LogP contribution in [-0.4, -0.2) is 18.0 Å². The number of aromatic nitrogens is 1. The quantitative estimate of drug-likeness (QED) is 0.754. The first kappa shape index (κ1) is 15.5. The minimum Gasteiger partial charge on any atom is -0.497 e. The van der Waals surface area contributed by atoms with Crippen molar-refractivity contribution in [1.82, 2.24) is 4.98 Å². The van der Waals surface area contributed by atoms with Gasteiger partial charge in [-0.2, -0.15) is 0 Å². The summed E-state index contributed by atoms with van der Waals surface area (Å²) in [6, 6.07) is 15.5. The van der Waals surface area contributed by atoms with Crippen LogP contribution >= 0.6 is 11.3 Å². The van der Waals surface area contributed by atoms with Crippen LogP contribution in [0.1, 0.15) is 24.8 Å². The number of rotatable bonds is 5. The lowest BCUT2D eigenvalue weighted by Gasteiger charge is -2.13. The molecule has 118 valence electrons. The summed E-state index contributed by atoms with van der Waals surface area (Å²) >= 11 is 1.46. The number of hydrogen-bond acceptors (Lipinski definition) is 4. The fourth-order valence-corrected chi connectivity index (χ4v) is 3.43. The number of nitrogens with one attached hydrogen (secondary N) is 1. The Morgan fingerprint density at radius 1 is 1.26 bits per heavy atom. The van der Waals surface area contributed by atoms with Crippen LogP contribution in [0.2, 0.25) is 0 Å². The fourth-order valence-electron chi connectivity index (χ4n) is 2.54. The third-order valence-corrected chi connectivity index (χ3v) is 4.69. The van der Waals surface area contributed by atoms with E-state index < -0.39 is 0 Å². The van der Waals surface area contributed by atoms with Crippen molar-refractivity contribution in [1.29, 1.82) is 0 Å². The summed E-state index contributed by atoms with van der Waals surface area (Å²) in [5.41, 5.74) is 1.88. The molecule has 3 rings (SSSR count). The Balaban J connectivity index is 1.81. The van der Waals surface area contributed by atoms with Gasteiger partial charge in [0.25, 0.3) is 0 Å². The molecule has 0 fully saturated rings. The van der Waals surface area contributed by atoms with Crippen molar-refractivity contribution in [2.75, 3.05) is 12.4 Å². The lowest BCUT2D eigenvalue weighted by Crippen LogP contribution is -2.20. The van der Waals surface area contributed by atoms with Crippen LogP contribution in [0.15, 0.2) is 48.5 Å². The van der Waals surface area contributed by atoms with E-state index in [1.165, 1.54) is 11.3 Å². The maximum atomic E-state index is 12.6. The number of carbonyl (C=O) groups is 1. The summed E-state index contributed by atoms with van der Waals surface area (Å²) in [6.07, 6.45) is 0.745. The smallest absolute Gasteiger partial charge is 0.233 e. The molecule has 1 heterocycles. The number of anilines is 1. The second kappa shape index (κ2) is 6.79. The zero-order valence-electron chi connectivity index (χ0n) is 13.1. The van der Waals surface area contributed by atoms with Crippen LogP contribution in [-0.2, 0) is 4.79 Å². The van der Waals surface area contributed by atoms with Crippen LogP contribution in [0.4, 0.5) is 5.13 Å². The molecule has 1 aromatic heterocycles. The molecule has 5 heteroatoms. The van der Waals surface area contributed by atoms with Gasteiger partial charge in [0.15, 0.2) is 5.13 Å². The van der Waals surface area contributed by atoms with Gasteiger partial charge in [0, 0.05) is 0 Å². The van der Waals surface area contributed by atoms with E-state index in [-0.39, 0.29) is 11.8 Å². The van der Waals surface area contributed by atoms with E-state index in [2.05, 4.69) is 10.3 Å². The van der Waals surface area contributed by atoms with Gasteiger partial charge in [-0.05, 0) is 30.2 Å². The predicted molar refractivity (Wildman–Crippen MR) is 94.3 cm³/mol. The second-order valence-corrected chi connectivity index (χ2v) is 6.24. The van der Waals surface area contributed by atoms with Crippen LogP contribution in [0.5, 0.6) is 5.75 Å². The van der Waals surface area contributed by atoms with E-state index in [1.807, 2.05) is 55.5 Å². The number of thiazole rings is 1. The maximum absolute atomic E-state index is 12.6. The average Bonchev–Trinajstić information content (AvgIpc) is 2.97. The fraction of sp³-hybridized carbons (Fsp3) is 0.222. The van der Waals surface area contributed by atoms with Crippen molar-refractivity contribution in [3.63, 3.8) is 0 Å². The van der Waals surface area contributed by atoms with Crippen molar-refractivity contribution >= 4 is 32.6 Å². The third kappa shape index (κ3) is 3.35. The lowest BCUT2D eigenvalue weighted by atomic mass is 9.96. The number of methoxy groups -OCH3 is 1. The summed E-state index contributed by atoms with van der Waals surface area (Å²) in [5.74, 6) is 0.595. The van der Waals surface area contributed by atoms with Crippen LogP contribution in [0.25, 0.3) is 10.2 Å². The SMILES string of the molecule is CC[C@@H](C(=O)Nc1nc2ccc(OC)cc2s1)c1ccccc1. The Kier molecular flexibility index (Phi) is 4.57. The second-order valence-electron chi connectivity index (χ2n) is 5.21. The third-order valence-electron chi connectivity index (χ3n) is 3.75. The maximum Gasteiger partial charge on any atom is 0.233 e. The molecule has 3 aromatic rings. The molecule has 23 heavy (non-hydrogen) atoms. The molecular weight excluding hydrogens is 308 g/mol. The molecular formula is C18H18N2O2S. The standard InChI is InChI=1S/C18H18N2O2S/c1-3-14(12-7-5-4-6-8-12)17(21)20-18-19-15-10-9-13(22-2)11-16(15)23-18/h4-11,14H,3H2,1-2H3,(H,19,20,21)/t14-/m1/s1. The molecule has 0 spiro atoms. The van der Waals surface area contributed by atoms with Crippen LogP contribution in [0.3, 0.4) is 0 Å². The highest BCUT2D eigenvalue weighted by atomic mass is 32.1. The van der Waals surface area contributed by atoms with Crippen molar-refractivity contribution in [2.24, 2.45) is 0 Å². The van der Waals surface area contributed by atoms with E-state index in [0.717, 1.165) is 28.0 Å². The zero-order chi connectivity index (χ0) is 16.2. The highest BCUT2D eigenvalue weighted by molar-refractivity contribution is 7.22. The molecule has 4 nitrogen and oxygen atoms in total. The van der Waals surface area contributed by atoms with Gasteiger partial charge in [-0.3, -0.25) is 4.79 Å². The average molecular weight is 326 g/mol. The van der Waals surface area contributed by atoms with Crippen molar-refractivity contribution in [3.8, 4) is 5.75 Å². The molecule has 1 atom stereocenters. The van der Waals surface area contributed by atoms with E-state index in [0.29, 0.717) is 5.13 Å². The topological polar surface area (TPSA) is 51.2 Å². The molecule has 0 aliphatic carbocycles. The summed E-state index contributed by atoms with van der Waals surface area (Å²) < 4.78 is 6.21. The number of benzene rings is 2. The molecule has 0 unspecified atom stereocenters. The van der Waals surface area contributed by atoms with E-state index >= 15 is 0 Å². The van der Waals surface area contributed by atoms with Crippen LogP contribution < -0.4 is 10.1 Å². The Hall–Kier alpha value is -2.40. The molecule has 0 aliphatic rings. The molecule has 0 bridgehead atoms. The van der Waals surface area contributed by atoms with Gasteiger partial charge in [0.05, 0.1) is 23.2 Å². The minimum absolute atomic E-state index is 0.0234. The van der Waals surface area contributed by atoms with Gasteiger partial charge in [-0.15, -0.1) is 0 Å². The summed E-state index contributed by atoms with van der Waals surface area (Å²) in [5, 5.41) is 3.56. The number of amides is 1. The normalized spacial score (nSPS) is 12.1. The molecule has 0 saturated heterocycles. The molecule has 0 saturated carbocycles. The highest BCUT2D eigenvalue weighted by Gasteiger charge is 2.19. The number of fused-ring (bicyclic) bond motifs is 1. The number of hydrogen-bond donors (Lipinski definition) is 1. The lowest BCUT2D eigenvalue weighted by molar-refractivity contribution is -0.117. The van der Waals surface area contributed by atoms with Gasteiger partial charge in [0.1, 0.15) is 5.75 Å². The summed E-state index contributed by atoms with van der Waals surface area (Å²) in [4.78, 5) is 17.0. The van der Waals surface area contributed by atoms with Gasteiger partial charge in [-0.1, -0.05) is 48.6 Å². The van der Waals surface area contributed by atoms with Gasteiger partial charge >= 0.3 is 0 Å². The molecule has 1 amide bonds.